The average molecular weight is 352 g/mol. The highest BCUT2D eigenvalue weighted by molar-refractivity contribution is 7.71. The molecule has 1 N–H and O–H groups in total. The van der Waals surface area contributed by atoms with E-state index in [1.807, 2.05) is 36.4 Å². The van der Waals surface area contributed by atoms with Gasteiger partial charge in [-0.05, 0) is 41.4 Å². The summed E-state index contributed by atoms with van der Waals surface area (Å²) in [5.41, 5.74) is 3.12. The number of rotatable bonds is 5. The van der Waals surface area contributed by atoms with Crippen molar-refractivity contribution in [3.63, 3.8) is 0 Å². The highest BCUT2D eigenvalue weighted by atomic mass is 32.1. The zero-order valence-corrected chi connectivity index (χ0v) is 15.2. The summed E-state index contributed by atoms with van der Waals surface area (Å²) in [5.74, 6) is 1.83. The summed E-state index contributed by atoms with van der Waals surface area (Å²) in [6.45, 7) is 4.35. The first-order valence-corrected chi connectivity index (χ1v) is 8.46. The van der Waals surface area contributed by atoms with Crippen LogP contribution in [0.15, 0.2) is 53.6 Å². The average Bonchev–Trinajstić information content (AvgIpc) is 3.00. The van der Waals surface area contributed by atoms with Crippen molar-refractivity contribution in [1.82, 2.24) is 14.9 Å². The van der Waals surface area contributed by atoms with E-state index in [1.54, 1.807) is 18.0 Å². The highest BCUT2D eigenvalue weighted by Gasteiger charge is 2.12. The maximum atomic E-state index is 5.41. The minimum atomic E-state index is 0.427. The molecule has 0 saturated carbocycles. The van der Waals surface area contributed by atoms with Crippen LogP contribution in [0.2, 0.25) is 0 Å². The first kappa shape index (κ1) is 17.1. The van der Waals surface area contributed by atoms with Crippen LogP contribution in [0.1, 0.15) is 30.9 Å². The minimum absolute atomic E-state index is 0.427. The highest BCUT2D eigenvalue weighted by Crippen LogP contribution is 2.28. The molecule has 3 rings (SSSR count). The molecule has 0 unspecified atom stereocenters. The van der Waals surface area contributed by atoms with Crippen molar-refractivity contribution in [2.45, 2.75) is 19.8 Å². The third-order valence-corrected chi connectivity index (χ3v) is 4.19. The van der Waals surface area contributed by atoms with E-state index in [0.717, 1.165) is 11.1 Å². The number of H-pyrrole nitrogens is 1. The molecular weight excluding hydrogens is 332 g/mol. The van der Waals surface area contributed by atoms with E-state index in [2.05, 4.69) is 41.3 Å². The SMILES string of the molecule is COc1ccccc1-c1n[nH]c(=S)n1N=Cc1ccc(C(C)C)cc1. The fourth-order valence-corrected chi connectivity index (χ4v) is 2.67. The normalized spacial score (nSPS) is 11.4. The number of nitrogens with one attached hydrogen (secondary N) is 1. The molecule has 0 saturated heterocycles. The van der Waals surface area contributed by atoms with Crippen molar-refractivity contribution in [2.24, 2.45) is 5.10 Å². The van der Waals surface area contributed by atoms with E-state index in [-0.39, 0.29) is 0 Å². The number of methoxy groups -OCH3 is 1. The monoisotopic (exact) mass is 352 g/mol. The summed E-state index contributed by atoms with van der Waals surface area (Å²) in [6, 6.07) is 16.0. The summed E-state index contributed by atoms with van der Waals surface area (Å²) < 4.78 is 7.44. The molecule has 25 heavy (non-hydrogen) atoms. The van der Waals surface area contributed by atoms with Gasteiger partial charge in [0, 0.05) is 0 Å². The van der Waals surface area contributed by atoms with Gasteiger partial charge in [0.05, 0.1) is 18.9 Å². The van der Waals surface area contributed by atoms with E-state index < -0.39 is 0 Å². The summed E-state index contributed by atoms with van der Waals surface area (Å²) in [6.07, 6.45) is 1.77. The molecule has 1 heterocycles. The van der Waals surface area contributed by atoms with Crippen molar-refractivity contribution < 1.29 is 4.74 Å². The third kappa shape index (κ3) is 3.69. The molecule has 5 nitrogen and oxygen atoms in total. The summed E-state index contributed by atoms with van der Waals surface area (Å²) in [5, 5.41) is 11.6. The second kappa shape index (κ2) is 7.44. The Morgan fingerprint density at radius 3 is 2.56 bits per heavy atom. The lowest BCUT2D eigenvalue weighted by atomic mass is 10.0. The number of hydrogen-bond donors (Lipinski definition) is 1. The second-order valence-corrected chi connectivity index (χ2v) is 6.32. The predicted molar refractivity (Wildman–Crippen MR) is 103 cm³/mol. The van der Waals surface area contributed by atoms with Gasteiger partial charge < -0.3 is 4.74 Å². The van der Waals surface area contributed by atoms with Crippen LogP contribution in [-0.4, -0.2) is 28.2 Å². The molecular formula is C19H20N4OS. The maximum Gasteiger partial charge on any atom is 0.216 e. The standard InChI is InChI=1S/C19H20N4OS/c1-13(2)15-10-8-14(9-11-15)12-20-23-18(21-22-19(23)25)16-6-4-5-7-17(16)24-3/h4-13H,1-3H3,(H,22,25). The number of aromatic amines is 1. The Balaban J connectivity index is 1.96. The van der Waals surface area contributed by atoms with E-state index in [0.29, 0.717) is 22.3 Å². The molecule has 0 aliphatic heterocycles. The fraction of sp³-hybridized carbons (Fsp3) is 0.211. The number of para-hydroxylation sites is 1. The molecule has 0 bridgehead atoms. The topological polar surface area (TPSA) is 55.2 Å². The number of aromatic nitrogens is 3. The number of benzene rings is 2. The van der Waals surface area contributed by atoms with Gasteiger partial charge in [0.2, 0.25) is 4.77 Å². The van der Waals surface area contributed by atoms with Crippen LogP contribution >= 0.6 is 12.2 Å². The fourth-order valence-electron chi connectivity index (χ4n) is 2.49. The van der Waals surface area contributed by atoms with E-state index >= 15 is 0 Å². The summed E-state index contributed by atoms with van der Waals surface area (Å²) >= 11 is 5.31. The Hall–Kier alpha value is -2.73. The van der Waals surface area contributed by atoms with Crippen molar-refractivity contribution in [1.29, 1.82) is 0 Å². The minimum Gasteiger partial charge on any atom is -0.496 e. The molecule has 0 atom stereocenters. The van der Waals surface area contributed by atoms with E-state index in [4.69, 9.17) is 17.0 Å². The Morgan fingerprint density at radius 2 is 1.88 bits per heavy atom. The number of hydrogen-bond acceptors (Lipinski definition) is 4. The Kier molecular flexibility index (Phi) is 5.09. The lowest BCUT2D eigenvalue weighted by molar-refractivity contribution is 0.416. The molecule has 1 aromatic heterocycles. The quantitative estimate of drug-likeness (QED) is 0.538. The second-order valence-electron chi connectivity index (χ2n) is 5.93. The lowest BCUT2D eigenvalue weighted by Gasteiger charge is -2.07. The Bertz CT molecular complexity index is 939. The van der Waals surface area contributed by atoms with Gasteiger partial charge in [-0.1, -0.05) is 50.2 Å². The van der Waals surface area contributed by atoms with Crippen LogP contribution in [-0.2, 0) is 0 Å². The van der Waals surface area contributed by atoms with Gasteiger partial charge in [-0.3, -0.25) is 0 Å². The lowest BCUT2D eigenvalue weighted by Crippen LogP contribution is -1.97. The van der Waals surface area contributed by atoms with Gasteiger partial charge in [-0.2, -0.15) is 14.9 Å². The van der Waals surface area contributed by atoms with Crippen LogP contribution in [0.25, 0.3) is 11.4 Å². The molecule has 0 spiro atoms. The van der Waals surface area contributed by atoms with Crippen LogP contribution in [0, 0.1) is 4.77 Å². The molecule has 0 radical (unpaired) electrons. The molecule has 6 heteroatoms. The van der Waals surface area contributed by atoms with Crippen LogP contribution in [0.4, 0.5) is 0 Å². The smallest absolute Gasteiger partial charge is 0.216 e. The largest absolute Gasteiger partial charge is 0.496 e. The Morgan fingerprint density at radius 1 is 1.16 bits per heavy atom. The number of nitrogens with zero attached hydrogens (tertiary/aromatic N) is 3. The maximum absolute atomic E-state index is 5.41. The van der Waals surface area contributed by atoms with Crippen LogP contribution < -0.4 is 4.74 Å². The molecule has 0 fully saturated rings. The molecule has 0 aliphatic rings. The zero-order valence-electron chi connectivity index (χ0n) is 14.4. The van der Waals surface area contributed by atoms with Crippen molar-refractivity contribution in [3.8, 4) is 17.1 Å². The van der Waals surface area contributed by atoms with Crippen molar-refractivity contribution >= 4 is 18.4 Å². The first-order chi connectivity index (χ1) is 12.1. The zero-order chi connectivity index (χ0) is 17.8. The van der Waals surface area contributed by atoms with Gasteiger partial charge in [0.1, 0.15) is 5.75 Å². The molecule has 3 aromatic rings. The van der Waals surface area contributed by atoms with Gasteiger partial charge in [0.15, 0.2) is 5.82 Å². The van der Waals surface area contributed by atoms with Gasteiger partial charge in [-0.25, -0.2) is 5.10 Å². The van der Waals surface area contributed by atoms with Crippen molar-refractivity contribution in [2.75, 3.05) is 7.11 Å². The predicted octanol–water partition coefficient (Wildman–Crippen LogP) is 4.62. The van der Waals surface area contributed by atoms with Gasteiger partial charge >= 0.3 is 0 Å². The Labute approximate surface area is 152 Å². The van der Waals surface area contributed by atoms with Crippen LogP contribution in [0.5, 0.6) is 5.75 Å². The third-order valence-electron chi connectivity index (χ3n) is 3.92. The van der Waals surface area contributed by atoms with E-state index in [9.17, 15) is 0 Å². The van der Waals surface area contributed by atoms with Crippen LogP contribution in [0.3, 0.4) is 0 Å². The summed E-state index contributed by atoms with van der Waals surface area (Å²) in [7, 11) is 1.63. The number of ether oxygens (including phenoxy) is 1. The molecule has 2 aromatic carbocycles. The molecule has 0 aliphatic carbocycles. The molecule has 128 valence electrons. The first-order valence-electron chi connectivity index (χ1n) is 8.05. The molecule has 0 amide bonds. The summed E-state index contributed by atoms with van der Waals surface area (Å²) in [4.78, 5) is 0. The van der Waals surface area contributed by atoms with Crippen molar-refractivity contribution in [3.05, 3.63) is 64.4 Å². The van der Waals surface area contributed by atoms with Gasteiger partial charge in [0.25, 0.3) is 0 Å². The van der Waals surface area contributed by atoms with E-state index in [1.165, 1.54) is 5.56 Å². The van der Waals surface area contributed by atoms with Gasteiger partial charge in [-0.15, -0.1) is 0 Å².